The van der Waals surface area contributed by atoms with Crippen LogP contribution in [0.25, 0.3) is 0 Å². The monoisotopic (exact) mass is 236 g/mol. The zero-order valence-corrected chi connectivity index (χ0v) is 11.5. The van der Waals surface area contributed by atoms with Crippen LogP contribution in [-0.4, -0.2) is 35.7 Å². The van der Waals surface area contributed by atoms with Crippen molar-refractivity contribution < 1.29 is 0 Å². The van der Waals surface area contributed by atoms with Gasteiger partial charge in [-0.15, -0.1) is 0 Å². The third kappa shape index (κ3) is 6.98. The van der Waals surface area contributed by atoms with E-state index < -0.39 is 0 Å². The zero-order valence-electron chi connectivity index (χ0n) is 9.72. The van der Waals surface area contributed by atoms with Gasteiger partial charge in [-0.25, -0.2) is 0 Å². The number of rotatable bonds is 7. The van der Waals surface area contributed by atoms with Crippen molar-refractivity contribution in [3.63, 3.8) is 0 Å². The summed E-state index contributed by atoms with van der Waals surface area (Å²) in [6.45, 7) is 10.6. The number of thiol groups is 2. The average molecular weight is 236 g/mol. The predicted molar refractivity (Wildman–Crippen MR) is 71.9 cm³/mol. The molecule has 0 aliphatic rings. The third-order valence-corrected chi connectivity index (χ3v) is 3.70. The smallest absolute Gasteiger partial charge is 0.0213 e. The minimum atomic E-state index is 0.121. The molecular weight excluding hydrogens is 212 g/mol. The summed E-state index contributed by atoms with van der Waals surface area (Å²) in [6, 6.07) is 0. The molecule has 4 heteroatoms. The Bertz CT molecular complexity index is 140. The van der Waals surface area contributed by atoms with Gasteiger partial charge in [0.1, 0.15) is 0 Å². The van der Waals surface area contributed by atoms with Crippen LogP contribution in [0.15, 0.2) is 0 Å². The quantitative estimate of drug-likeness (QED) is 0.399. The first kappa shape index (κ1) is 14.6. The van der Waals surface area contributed by atoms with Crippen molar-refractivity contribution in [3.8, 4) is 0 Å². The van der Waals surface area contributed by atoms with E-state index in [1.165, 1.54) is 0 Å². The van der Waals surface area contributed by atoms with Gasteiger partial charge in [-0.3, -0.25) is 0 Å². The summed E-state index contributed by atoms with van der Waals surface area (Å²) in [7, 11) is 0. The van der Waals surface area contributed by atoms with E-state index >= 15 is 0 Å². The van der Waals surface area contributed by atoms with Crippen LogP contribution in [0, 0.1) is 0 Å². The Labute approximate surface area is 99.4 Å². The normalized spacial score (nSPS) is 13.3. The Kier molecular flexibility index (Phi) is 6.53. The van der Waals surface area contributed by atoms with E-state index in [2.05, 4.69) is 63.6 Å². The van der Waals surface area contributed by atoms with Crippen LogP contribution in [0.2, 0.25) is 0 Å². The van der Waals surface area contributed by atoms with E-state index in [-0.39, 0.29) is 11.1 Å². The Hall–Kier alpha value is 0.620. The third-order valence-electron chi connectivity index (χ3n) is 2.12. The van der Waals surface area contributed by atoms with E-state index in [4.69, 9.17) is 0 Å². The molecule has 0 unspecified atom stereocenters. The fourth-order valence-corrected chi connectivity index (χ4v) is 1.14. The first-order valence-electron chi connectivity index (χ1n) is 5.05. The summed E-state index contributed by atoms with van der Waals surface area (Å²) in [5.74, 6) is 1.70. The largest absolute Gasteiger partial charge is 0.310 e. The Balaban J connectivity index is 3.57. The highest BCUT2D eigenvalue weighted by Gasteiger charge is 2.16. The Morgan fingerprint density at radius 1 is 0.786 bits per heavy atom. The van der Waals surface area contributed by atoms with E-state index in [9.17, 15) is 0 Å². The van der Waals surface area contributed by atoms with Gasteiger partial charge in [0.25, 0.3) is 0 Å². The van der Waals surface area contributed by atoms with E-state index in [0.29, 0.717) is 0 Å². The molecule has 2 nitrogen and oxygen atoms in total. The van der Waals surface area contributed by atoms with Gasteiger partial charge in [0.15, 0.2) is 0 Å². The molecule has 0 saturated carbocycles. The maximum Gasteiger partial charge on any atom is 0.0213 e. The summed E-state index contributed by atoms with van der Waals surface area (Å²) in [5.41, 5.74) is 0.242. The SMILES string of the molecule is CC(C)(CS)NCCNC(C)(C)CS. The Morgan fingerprint density at radius 2 is 1.07 bits per heavy atom. The topological polar surface area (TPSA) is 24.1 Å². The molecule has 0 aromatic heterocycles. The molecule has 0 aliphatic carbocycles. The zero-order chi connectivity index (χ0) is 11.2. The maximum atomic E-state index is 4.28. The highest BCUT2D eigenvalue weighted by molar-refractivity contribution is 7.80. The summed E-state index contributed by atoms with van der Waals surface area (Å²) in [6.07, 6.45) is 0. The van der Waals surface area contributed by atoms with Gasteiger partial charge in [-0.1, -0.05) is 0 Å². The van der Waals surface area contributed by atoms with Crippen molar-refractivity contribution in [3.05, 3.63) is 0 Å². The van der Waals surface area contributed by atoms with Crippen molar-refractivity contribution in [1.29, 1.82) is 0 Å². The second kappa shape index (κ2) is 6.26. The number of nitrogens with one attached hydrogen (secondary N) is 2. The summed E-state index contributed by atoms with van der Waals surface area (Å²) in [5, 5.41) is 6.88. The van der Waals surface area contributed by atoms with Gasteiger partial charge < -0.3 is 10.6 Å². The van der Waals surface area contributed by atoms with Gasteiger partial charge in [0.05, 0.1) is 0 Å². The molecule has 0 aromatic rings. The van der Waals surface area contributed by atoms with Gasteiger partial charge in [-0.05, 0) is 27.7 Å². The summed E-state index contributed by atoms with van der Waals surface area (Å²) >= 11 is 8.57. The fraction of sp³-hybridized carbons (Fsp3) is 1.00. The maximum absolute atomic E-state index is 4.28. The van der Waals surface area contributed by atoms with Crippen LogP contribution in [0.3, 0.4) is 0 Å². The van der Waals surface area contributed by atoms with Crippen LogP contribution < -0.4 is 10.6 Å². The lowest BCUT2D eigenvalue weighted by molar-refractivity contribution is 0.388. The number of hydrogen-bond acceptors (Lipinski definition) is 4. The minimum absolute atomic E-state index is 0.121. The molecule has 0 bridgehead atoms. The van der Waals surface area contributed by atoms with Crippen LogP contribution in [0.4, 0.5) is 0 Å². The molecule has 86 valence electrons. The predicted octanol–water partition coefficient (Wildman–Crippen LogP) is 1.58. The van der Waals surface area contributed by atoms with Crippen molar-refractivity contribution >= 4 is 25.3 Å². The van der Waals surface area contributed by atoms with Crippen LogP contribution in [0.1, 0.15) is 27.7 Å². The van der Waals surface area contributed by atoms with Crippen molar-refractivity contribution in [2.45, 2.75) is 38.8 Å². The first-order valence-corrected chi connectivity index (χ1v) is 6.31. The molecule has 0 atom stereocenters. The summed E-state index contributed by atoms with van der Waals surface area (Å²) in [4.78, 5) is 0. The molecule has 0 saturated heterocycles. The molecule has 0 heterocycles. The van der Waals surface area contributed by atoms with E-state index in [1.807, 2.05) is 0 Å². The molecule has 2 N–H and O–H groups in total. The number of hydrogen-bond donors (Lipinski definition) is 4. The van der Waals surface area contributed by atoms with Crippen molar-refractivity contribution in [2.75, 3.05) is 24.6 Å². The van der Waals surface area contributed by atoms with Gasteiger partial charge in [-0.2, -0.15) is 25.3 Å². The van der Waals surface area contributed by atoms with Gasteiger partial charge in [0.2, 0.25) is 0 Å². The average Bonchev–Trinajstić information content (AvgIpc) is 2.13. The molecule has 0 spiro atoms. The highest BCUT2D eigenvalue weighted by Crippen LogP contribution is 2.04. The molecule has 0 fully saturated rings. The molecule has 0 amide bonds. The first-order chi connectivity index (χ1) is 6.33. The lowest BCUT2D eigenvalue weighted by Crippen LogP contribution is -2.48. The molecule has 0 radical (unpaired) electrons. The molecular formula is C10H24N2S2. The highest BCUT2D eigenvalue weighted by atomic mass is 32.1. The van der Waals surface area contributed by atoms with E-state index in [1.54, 1.807) is 0 Å². The standard InChI is InChI=1S/C10H24N2S2/c1-9(2,7-13)11-5-6-12-10(3,4)8-14/h11-14H,5-8H2,1-4H3. The van der Waals surface area contributed by atoms with Gasteiger partial charge >= 0.3 is 0 Å². The molecule has 0 aromatic carbocycles. The summed E-state index contributed by atoms with van der Waals surface area (Å²) < 4.78 is 0. The van der Waals surface area contributed by atoms with Crippen LogP contribution in [-0.2, 0) is 0 Å². The molecule has 14 heavy (non-hydrogen) atoms. The fourth-order valence-electron chi connectivity index (χ4n) is 0.914. The van der Waals surface area contributed by atoms with Crippen LogP contribution >= 0.6 is 25.3 Å². The van der Waals surface area contributed by atoms with Gasteiger partial charge in [0, 0.05) is 35.7 Å². The van der Waals surface area contributed by atoms with Crippen LogP contribution in [0.5, 0.6) is 0 Å². The minimum Gasteiger partial charge on any atom is -0.310 e. The second-order valence-electron chi connectivity index (χ2n) is 4.94. The Morgan fingerprint density at radius 3 is 1.29 bits per heavy atom. The molecule has 0 aliphatic heterocycles. The molecule has 0 rings (SSSR count). The van der Waals surface area contributed by atoms with Crippen molar-refractivity contribution in [2.24, 2.45) is 0 Å². The lowest BCUT2D eigenvalue weighted by atomic mass is 10.1. The lowest BCUT2D eigenvalue weighted by Gasteiger charge is -2.27. The second-order valence-corrected chi connectivity index (χ2v) is 5.57. The van der Waals surface area contributed by atoms with Crippen molar-refractivity contribution in [1.82, 2.24) is 10.6 Å². The van der Waals surface area contributed by atoms with E-state index in [0.717, 1.165) is 24.6 Å².